The number of hydrogen-bond donors (Lipinski definition) is 2. The number of carbonyl (C=O) groups is 1. The second-order valence-corrected chi connectivity index (χ2v) is 11.0. The molecule has 0 saturated heterocycles. The molecule has 0 bridgehead atoms. The van der Waals surface area contributed by atoms with Gasteiger partial charge >= 0.3 is 35.5 Å². The monoisotopic (exact) mass is 337 g/mol. The third kappa shape index (κ3) is 6.15. The number of nitrogens with one attached hydrogen (secondary N) is 1. The van der Waals surface area contributed by atoms with E-state index in [9.17, 15) is 4.79 Å². The average molecular weight is 337 g/mol. The summed E-state index contributed by atoms with van der Waals surface area (Å²) in [5.41, 5.74) is 1.30. The van der Waals surface area contributed by atoms with Gasteiger partial charge in [0.2, 0.25) is 0 Å². The van der Waals surface area contributed by atoms with E-state index < -0.39 is 14.0 Å². The van der Waals surface area contributed by atoms with Crippen LogP contribution in [0.2, 0.25) is 19.1 Å². The van der Waals surface area contributed by atoms with Crippen LogP contribution in [-0.2, 0) is 0 Å². The number of rotatable bonds is 7. The molecule has 23 heavy (non-hydrogen) atoms. The van der Waals surface area contributed by atoms with Crippen molar-refractivity contribution in [2.45, 2.75) is 25.6 Å². The van der Waals surface area contributed by atoms with Gasteiger partial charge in [-0.1, -0.05) is 54.7 Å². The maximum absolute atomic E-state index is 10.8. The summed E-state index contributed by atoms with van der Waals surface area (Å²) in [6.45, 7) is 5.73. The molecule has 2 aromatic carbocycles. The van der Waals surface area contributed by atoms with Crippen molar-refractivity contribution in [3.63, 3.8) is 0 Å². The van der Waals surface area contributed by atoms with Gasteiger partial charge in [-0.25, -0.2) is 4.79 Å². The predicted molar refractivity (Wildman–Crippen MR) is 96.0 cm³/mol. The van der Waals surface area contributed by atoms with Crippen molar-refractivity contribution >= 4 is 24.9 Å². The first kappa shape index (κ1) is 20.0. The van der Waals surface area contributed by atoms with Crippen molar-refractivity contribution in [1.82, 2.24) is 0 Å². The molecular formula is C18H24NNaO2Si. The van der Waals surface area contributed by atoms with Gasteiger partial charge < -0.3 is 11.8 Å². The molecule has 0 aliphatic rings. The van der Waals surface area contributed by atoms with Crippen LogP contribution in [0, 0.1) is 0 Å². The van der Waals surface area contributed by atoms with Crippen LogP contribution in [0.25, 0.3) is 0 Å². The largest absolute Gasteiger partial charge is 1.00 e. The molecule has 2 rings (SSSR count). The molecule has 0 saturated carbocycles. The molecule has 0 spiro atoms. The molecule has 2 N–H and O–H groups in total. The summed E-state index contributed by atoms with van der Waals surface area (Å²) in [5, 5.41) is 13.7. The molecule has 3 nitrogen and oxygen atoms in total. The Bertz CT molecular complexity index is 621. The van der Waals surface area contributed by atoms with Crippen LogP contribution in [0.15, 0.2) is 54.6 Å². The number of benzene rings is 2. The van der Waals surface area contributed by atoms with E-state index in [-0.39, 0.29) is 31.0 Å². The van der Waals surface area contributed by atoms with E-state index in [0.717, 1.165) is 18.7 Å². The van der Waals surface area contributed by atoms with Crippen LogP contribution < -0.4 is 40.1 Å². The summed E-state index contributed by atoms with van der Waals surface area (Å²) in [5.74, 6) is -0.887. The fourth-order valence-corrected chi connectivity index (χ4v) is 4.97. The Labute approximate surface area is 162 Å². The van der Waals surface area contributed by atoms with E-state index >= 15 is 0 Å². The molecule has 0 aliphatic carbocycles. The zero-order chi connectivity index (χ0) is 16.0. The van der Waals surface area contributed by atoms with Crippen molar-refractivity contribution in [2.24, 2.45) is 0 Å². The summed E-state index contributed by atoms with van der Waals surface area (Å²) in [6.07, 6.45) is 1.12. The zero-order valence-electron chi connectivity index (χ0n) is 15.2. The van der Waals surface area contributed by atoms with Gasteiger partial charge in [0.15, 0.2) is 0 Å². The maximum atomic E-state index is 10.8. The van der Waals surface area contributed by atoms with E-state index in [4.69, 9.17) is 5.11 Å². The van der Waals surface area contributed by atoms with Gasteiger partial charge in [0, 0.05) is 12.2 Å². The van der Waals surface area contributed by atoms with Crippen molar-refractivity contribution < 1.29 is 40.9 Å². The van der Waals surface area contributed by atoms with Crippen molar-refractivity contribution in [2.75, 3.05) is 11.9 Å². The fourth-order valence-electron chi connectivity index (χ4n) is 2.53. The number of hydrogen-bond acceptors (Lipinski definition) is 2. The number of anilines is 1. The fraction of sp³-hybridized carbons (Fsp3) is 0.278. The normalized spacial score (nSPS) is 10.7. The third-order valence-corrected chi connectivity index (χ3v) is 7.49. The minimum atomic E-state index is -1.36. The van der Waals surface area contributed by atoms with Crippen LogP contribution in [0.3, 0.4) is 0 Å². The summed E-state index contributed by atoms with van der Waals surface area (Å²) in [7, 11) is -1.36. The first-order valence-electron chi connectivity index (χ1n) is 7.62. The van der Waals surface area contributed by atoms with Gasteiger partial charge in [-0.3, -0.25) is 0 Å². The van der Waals surface area contributed by atoms with Crippen molar-refractivity contribution in [3.8, 4) is 0 Å². The van der Waals surface area contributed by atoms with Gasteiger partial charge in [-0.15, -0.1) is 0 Å². The Morgan fingerprint density at radius 2 is 1.70 bits per heavy atom. The smallest absolute Gasteiger partial charge is 1.00 e. The minimum Gasteiger partial charge on any atom is -1.00 e. The SMILES string of the molecule is C[Si](C)(CCCNc1ccc(C(=O)O)cc1)c1ccccc1.[H-].[Na+]. The Hall–Kier alpha value is -1.07. The van der Waals surface area contributed by atoms with Gasteiger partial charge in [0.1, 0.15) is 0 Å². The molecule has 0 aromatic heterocycles. The quantitative estimate of drug-likeness (QED) is 0.583. The summed E-state index contributed by atoms with van der Waals surface area (Å²) < 4.78 is 0. The molecule has 5 heteroatoms. The van der Waals surface area contributed by atoms with Gasteiger partial charge in [0.25, 0.3) is 0 Å². The second kappa shape index (κ2) is 9.28. The Kier molecular flexibility index (Phi) is 8.06. The van der Waals surface area contributed by atoms with E-state index in [0.29, 0.717) is 5.56 Å². The molecular weight excluding hydrogens is 313 g/mol. The van der Waals surface area contributed by atoms with Gasteiger partial charge in [-0.2, -0.15) is 0 Å². The van der Waals surface area contributed by atoms with Crippen molar-refractivity contribution in [3.05, 3.63) is 60.2 Å². The molecule has 0 amide bonds. The number of carboxylic acid groups (broad SMARTS) is 1. The molecule has 0 atom stereocenters. The van der Waals surface area contributed by atoms with Crippen LogP contribution in [0.4, 0.5) is 5.69 Å². The number of aromatic carboxylic acids is 1. The number of carboxylic acids is 1. The molecule has 0 radical (unpaired) electrons. The first-order valence-corrected chi connectivity index (χ1v) is 10.8. The summed E-state index contributed by atoms with van der Waals surface area (Å²) in [6, 6.07) is 18.9. The zero-order valence-corrected chi connectivity index (χ0v) is 17.2. The Morgan fingerprint density at radius 3 is 2.26 bits per heavy atom. The summed E-state index contributed by atoms with van der Waals surface area (Å²) in [4.78, 5) is 10.8. The van der Waals surface area contributed by atoms with E-state index in [1.165, 1.54) is 11.2 Å². The molecule has 2 aromatic rings. The third-order valence-electron chi connectivity index (χ3n) is 3.99. The maximum Gasteiger partial charge on any atom is 1.00 e. The van der Waals surface area contributed by atoms with Crippen LogP contribution >= 0.6 is 0 Å². The van der Waals surface area contributed by atoms with Crippen molar-refractivity contribution in [1.29, 1.82) is 0 Å². The standard InChI is InChI=1S/C18H23NO2Si.Na.H/c1-22(2,17-7-4-3-5-8-17)14-6-13-19-16-11-9-15(10-12-16)18(20)21;;/h3-5,7-12,19H,6,13-14H2,1-2H3,(H,20,21);;/q;+1;-1. The predicted octanol–water partition coefficient (Wildman–Crippen LogP) is 0.919. The average Bonchev–Trinajstić information content (AvgIpc) is 2.53. The summed E-state index contributed by atoms with van der Waals surface area (Å²) >= 11 is 0. The van der Waals surface area contributed by atoms with E-state index in [2.05, 4.69) is 48.7 Å². The molecule has 118 valence electrons. The second-order valence-electron chi connectivity index (χ2n) is 6.16. The molecule has 0 heterocycles. The van der Waals surface area contributed by atoms with Gasteiger partial charge in [0.05, 0.1) is 13.6 Å². The minimum absolute atomic E-state index is 0. The van der Waals surface area contributed by atoms with E-state index in [1.54, 1.807) is 12.1 Å². The first-order chi connectivity index (χ1) is 10.5. The topological polar surface area (TPSA) is 49.3 Å². The van der Waals surface area contributed by atoms with E-state index in [1.807, 2.05) is 12.1 Å². The van der Waals surface area contributed by atoms with Crippen LogP contribution in [-0.4, -0.2) is 25.7 Å². The molecule has 0 fully saturated rings. The van der Waals surface area contributed by atoms with Gasteiger partial charge in [-0.05, 0) is 30.7 Å². The molecule has 0 unspecified atom stereocenters. The Morgan fingerprint density at radius 1 is 1.09 bits per heavy atom. The van der Waals surface area contributed by atoms with Crippen LogP contribution in [0.1, 0.15) is 18.2 Å². The molecule has 0 aliphatic heterocycles. The Balaban J connectivity index is 0.00000264. The van der Waals surface area contributed by atoms with Crippen LogP contribution in [0.5, 0.6) is 0 Å².